The second-order valence-electron chi connectivity index (χ2n) is 7.29. The maximum Gasteiger partial charge on any atom is 0.170 e. The van der Waals surface area contributed by atoms with Crippen LogP contribution in [-0.2, 0) is 0 Å². The van der Waals surface area contributed by atoms with Crippen molar-refractivity contribution in [2.75, 3.05) is 18.0 Å². The molecule has 0 radical (unpaired) electrons. The molecule has 4 aromatic rings. The number of benzene rings is 2. The Morgan fingerprint density at radius 2 is 1.53 bits per heavy atom. The molecule has 0 bridgehead atoms. The Morgan fingerprint density at radius 3 is 2.27 bits per heavy atom. The standard InChI is InChI=1S/C22H18Cl3N5/c23-14-4-7-16(8-5-14)30-20(17-9-6-15(24)12-18(17)25)28-19-21(26-13-27-22(19)30)29-10-2-1-3-11-29/h4-9,12-13H,1-3,10-11H2. The number of fused-ring (bicyclic) bond motifs is 1. The van der Waals surface area contributed by atoms with Crippen LogP contribution in [-0.4, -0.2) is 32.6 Å². The molecule has 30 heavy (non-hydrogen) atoms. The highest BCUT2D eigenvalue weighted by atomic mass is 35.5. The molecule has 5 nitrogen and oxygen atoms in total. The van der Waals surface area contributed by atoms with Crippen LogP contribution in [0.4, 0.5) is 5.82 Å². The fraction of sp³-hybridized carbons (Fsp3) is 0.227. The van der Waals surface area contributed by atoms with Gasteiger partial charge in [0.1, 0.15) is 12.2 Å². The van der Waals surface area contributed by atoms with Gasteiger partial charge in [0.15, 0.2) is 17.0 Å². The third-order valence-corrected chi connectivity index (χ3v) is 6.14. The van der Waals surface area contributed by atoms with Gasteiger partial charge in [0.25, 0.3) is 0 Å². The monoisotopic (exact) mass is 457 g/mol. The van der Waals surface area contributed by atoms with E-state index in [0.29, 0.717) is 20.9 Å². The van der Waals surface area contributed by atoms with Crippen molar-refractivity contribution in [3.8, 4) is 17.1 Å². The lowest BCUT2D eigenvalue weighted by Crippen LogP contribution is -2.30. The zero-order chi connectivity index (χ0) is 20.7. The summed E-state index contributed by atoms with van der Waals surface area (Å²) in [6.07, 6.45) is 5.15. The Labute approximate surface area is 189 Å². The number of halogens is 3. The Morgan fingerprint density at radius 1 is 0.800 bits per heavy atom. The highest BCUT2D eigenvalue weighted by Crippen LogP contribution is 2.36. The number of imidazole rings is 1. The van der Waals surface area contributed by atoms with Crippen LogP contribution < -0.4 is 4.90 Å². The molecule has 0 atom stereocenters. The van der Waals surface area contributed by atoms with E-state index in [1.54, 1.807) is 12.4 Å². The van der Waals surface area contributed by atoms with Gasteiger partial charge in [-0.15, -0.1) is 0 Å². The Balaban J connectivity index is 1.78. The fourth-order valence-corrected chi connectivity index (χ4v) is 4.52. The highest BCUT2D eigenvalue weighted by Gasteiger charge is 2.23. The number of nitrogens with zero attached hydrogens (tertiary/aromatic N) is 5. The summed E-state index contributed by atoms with van der Waals surface area (Å²) in [4.78, 5) is 16.5. The average molecular weight is 459 g/mol. The first-order valence-corrected chi connectivity index (χ1v) is 10.9. The molecule has 0 saturated carbocycles. The summed E-state index contributed by atoms with van der Waals surface area (Å²) in [7, 11) is 0. The molecule has 0 spiro atoms. The van der Waals surface area contributed by atoms with Gasteiger partial charge in [-0.25, -0.2) is 15.0 Å². The second-order valence-corrected chi connectivity index (χ2v) is 8.57. The smallest absolute Gasteiger partial charge is 0.170 e. The van der Waals surface area contributed by atoms with Gasteiger partial charge in [0.2, 0.25) is 0 Å². The van der Waals surface area contributed by atoms with Gasteiger partial charge in [-0.2, -0.15) is 0 Å². The van der Waals surface area contributed by atoms with Crippen molar-refractivity contribution in [1.29, 1.82) is 0 Å². The van der Waals surface area contributed by atoms with Crippen LogP contribution in [0.25, 0.3) is 28.2 Å². The molecule has 0 amide bonds. The predicted octanol–water partition coefficient (Wildman–Crippen LogP) is 6.43. The lowest BCUT2D eigenvalue weighted by molar-refractivity contribution is 0.574. The van der Waals surface area contributed by atoms with Crippen molar-refractivity contribution >= 4 is 51.8 Å². The number of hydrogen-bond donors (Lipinski definition) is 0. The van der Waals surface area contributed by atoms with E-state index in [-0.39, 0.29) is 0 Å². The Hall–Kier alpha value is -2.34. The Kier molecular flexibility index (Phi) is 5.27. The van der Waals surface area contributed by atoms with Gasteiger partial charge >= 0.3 is 0 Å². The van der Waals surface area contributed by atoms with Gasteiger partial charge < -0.3 is 4.90 Å². The van der Waals surface area contributed by atoms with E-state index in [0.717, 1.165) is 54.2 Å². The second kappa shape index (κ2) is 8.06. The summed E-state index contributed by atoms with van der Waals surface area (Å²) in [6.45, 7) is 1.94. The van der Waals surface area contributed by atoms with Crippen molar-refractivity contribution in [2.24, 2.45) is 0 Å². The fourth-order valence-electron chi connectivity index (χ4n) is 3.90. The molecule has 2 aromatic carbocycles. The van der Waals surface area contributed by atoms with E-state index in [2.05, 4.69) is 14.9 Å². The van der Waals surface area contributed by atoms with E-state index >= 15 is 0 Å². The van der Waals surface area contributed by atoms with Gasteiger partial charge in [0, 0.05) is 34.4 Å². The van der Waals surface area contributed by atoms with Gasteiger partial charge in [-0.05, 0) is 61.7 Å². The van der Waals surface area contributed by atoms with Gasteiger partial charge in [-0.1, -0.05) is 34.8 Å². The summed E-state index contributed by atoms with van der Waals surface area (Å²) < 4.78 is 2.00. The molecule has 1 aliphatic heterocycles. The van der Waals surface area contributed by atoms with Crippen molar-refractivity contribution < 1.29 is 0 Å². The molecule has 5 rings (SSSR count). The third kappa shape index (κ3) is 3.51. The lowest BCUT2D eigenvalue weighted by atomic mass is 10.1. The van der Waals surface area contributed by atoms with Crippen LogP contribution in [0.15, 0.2) is 48.8 Å². The van der Waals surface area contributed by atoms with Crippen LogP contribution >= 0.6 is 34.8 Å². The molecular weight excluding hydrogens is 441 g/mol. The SMILES string of the molecule is Clc1ccc(-n2c(-c3ccc(Cl)cc3Cl)nc3c(N4CCCCC4)ncnc32)cc1. The molecule has 1 saturated heterocycles. The largest absolute Gasteiger partial charge is 0.355 e. The summed E-state index contributed by atoms with van der Waals surface area (Å²) in [5.41, 5.74) is 3.16. The first-order chi connectivity index (χ1) is 14.6. The van der Waals surface area contributed by atoms with Gasteiger partial charge in [-0.3, -0.25) is 4.57 Å². The molecule has 2 aromatic heterocycles. The van der Waals surface area contributed by atoms with Crippen LogP contribution in [0.1, 0.15) is 19.3 Å². The van der Waals surface area contributed by atoms with Crippen LogP contribution in [0.3, 0.4) is 0 Å². The minimum atomic E-state index is 0.528. The van der Waals surface area contributed by atoms with Crippen LogP contribution in [0, 0.1) is 0 Å². The zero-order valence-electron chi connectivity index (χ0n) is 16.0. The van der Waals surface area contributed by atoms with E-state index in [1.165, 1.54) is 6.42 Å². The number of hydrogen-bond acceptors (Lipinski definition) is 4. The summed E-state index contributed by atoms with van der Waals surface area (Å²) >= 11 is 18.8. The molecule has 8 heteroatoms. The number of anilines is 1. The maximum absolute atomic E-state index is 6.56. The molecule has 0 unspecified atom stereocenters. The van der Waals surface area contributed by atoms with Crippen molar-refractivity contribution in [2.45, 2.75) is 19.3 Å². The molecule has 1 fully saturated rings. The van der Waals surface area contributed by atoms with Crippen molar-refractivity contribution in [3.05, 3.63) is 63.9 Å². The quantitative estimate of drug-likeness (QED) is 0.355. The predicted molar refractivity (Wildman–Crippen MR) is 123 cm³/mol. The first kappa shape index (κ1) is 19.6. The topological polar surface area (TPSA) is 46.8 Å². The van der Waals surface area contributed by atoms with E-state index in [1.807, 2.05) is 41.0 Å². The van der Waals surface area contributed by atoms with E-state index in [4.69, 9.17) is 39.8 Å². The third-order valence-electron chi connectivity index (χ3n) is 5.34. The summed E-state index contributed by atoms with van der Waals surface area (Å²) in [6, 6.07) is 13.0. The lowest BCUT2D eigenvalue weighted by Gasteiger charge is -2.27. The summed E-state index contributed by atoms with van der Waals surface area (Å²) in [5.74, 6) is 1.55. The normalized spacial score (nSPS) is 14.4. The van der Waals surface area contributed by atoms with Crippen molar-refractivity contribution in [1.82, 2.24) is 19.5 Å². The Bertz CT molecular complexity index is 1210. The number of piperidine rings is 1. The van der Waals surface area contributed by atoms with Crippen molar-refractivity contribution in [3.63, 3.8) is 0 Å². The molecule has 3 heterocycles. The van der Waals surface area contributed by atoms with E-state index < -0.39 is 0 Å². The number of aromatic nitrogens is 4. The molecule has 0 N–H and O–H groups in total. The highest BCUT2D eigenvalue weighted by molar-refractivity contribution is 6.36. The van der Waals surface area contributed by atoms with Gasteiger partial charge in [0.05, 0.1) is 5.02 Å². The average Bonchev–Trinajstić information content (AvgIpc) is 3.14. The molecular formula is C22H18Cl3N5. The first-order valence-electron chi connectivity index (χ1n) is 9.81. The van der Waals surface area contributed by atoms with Crippen LogP contribution in [0.2, 0.25) is 15.1 Å². The molecule has 152 valence electrons. The zero-order valence-corrected chi connectivity index (χ0v) is 18.3. The van der Waals surface area contributed by atoms with E-state index in [9.17, 15) is 0 Å². The molecule has 1 aliphatic rings. The molecule has 0 aliphatic carbocycles. The number of rotatable bonds is 3. The maximum atomic E-state index is 6.56. The summed E-state index contributed by atoms with van der Waals surface area (Å²) in [5, 5.41) is 1.77. The minimum Gasteiger partial charge on any atom is -0.355 e. The van der Waals surface area contributed by atoms with Crippen LogP contribution in [0.5, 0.6) is 0 Å². The minimum absolute atomic E-state index is 0.528.